The number of carboxylic acids is 2. The van der Waals surface area contributed by atoms with Crippen LogP contribution in [0.5, 0.6) is 0 Å². The molecule has 14 nitrogen and oxygen atoms in total. The summed E-state index contributed by atoms with van der Waals surface area (Å²) in [4.78, 5) is 60.8. The Morgan fingerprint density at radius 3 is 1.93 bits per heavy atom. The van der Waals surface area contributed by atoms with Crippen LogP contribution in [0.1, 0.15) is 25.7 Å². The Morgan fingerprint density at radius 1 is 0.893 bits per heavy atom. The van der Waals surface area contributed by atoms with Crippen LogP contribution in [0.2, 0.25) is 0 Å². The van der Waals surface area contributed by atoms with Crippen LogP contribution in [0.3, 0.4) is 0 Å². The summed E-state index contributed by atoms with van der Waals surface area (Å²) < 4.78 is 0. The molecule has 0 aromatic carbocycles. The molecule has 0 aliphatic rings. The second-order valence-electron chi connectivity index (χ2n) is 5.78. The zero-order valence-electron chi connectivity index (χ0n) is 15.0. The van der Waals surface area contributed by atoms with Crippen LogP contribution in [-0.2, 0) is 24.0 Å². The number of nitrogens with two attached hydrogens (primary N) is 4. The van der Waals surface area contributed by atoms with Gasteiger partial charge in [-0.3, -0.25) is 24.2 Å². The molecule has 0 unspecified atom stereocenters. The maximum atomic E-state index is 12.4. The van der Waals surface area contributed by atoms with Crippen molar-refractivity contribution in [2.45, 2.75) is 43.8 Å². The van der Waals surface area contributed by atoms with E-state index >= 15 is 0 Å². The van der Waals surface area contributed by atoms with E-state index in [-0.39, 0.29) is 25.3 Å². The number of carbonyl (C=O) groups is 5. The molecule has 28 heavy (non-hydrogen) atoms. The maximum Gasteiger partial charge on any atom is 0.326 e. The Balaban J connectivity index is 5.16. The zero-order chi connectivity index (χ0) is 21.9. The summed E-state index contributed by atoms with van der Waals surface area (Å²) in [7, 11) is 0. The van der Waals surface area contributed by atoms with Crippen molar-refractivity contribution in [3.8, 4) is 0 Å². The SMILES string of the molecule is NC(=O)C[C@H](NC(=O)[C@H](CCCN=C(N)N)NC(=O)[C@@H](N)CC(=O)O)C(=O)O. The predicted octanol–water partition coefficient (Wildman–Crippen LogP) is -4.23. The molecule has 12 N–H and O–H groups in total. The molecule has 0 aliphatic carbocycles. The van der Waals surface area contributed by atoms with E-state index in [0.29, 0.717) is 0 Å². The summed E-state index contributed by atoms with van der Waals surface area (Å²) in [5, 5.41) is 22.1. The summed E-state index contributed by atoms with van der Waals surface area (Å²) in [6.07, 6.45) is -1.13. The third-order valence-electron chi connectivity index (χ3n) is 3.33. The van der Waals surface area contributed by atoms with Gasteiger partial charge in [-0.25, -0.2) is 4.79 Å². The van der Waals surface area contributed by atoms with Gasteiger partial charge in [0.25, 0.3) is 0 Å². The molecule has 0 saturated heterocycles. The van der Waals surface area contributed by atoms with Gasteiger partial charge in [0.2, 0.25) is 17.7 Å². The van der Waals surface area contributed by atoms with E-state index in [2.05, 4.69) is 15.6 Å². The lowest BCUT2D eigenvalue weighted by molar-refractivity contribution is -0.144. The Bertz CT molecular complexity index is 634. The Hall–Kier alpha value is -3.42. The van der Waals surface area contributed by atoms with Gasteiger partial charge in [0.15, 0.2) is 5.96 Å². The number of primary amides is 1. The minimum atomic E-state index is -1.60. The molecular weight excluding hydrogens is 378 g/mol. The van der Waals surface area contributed by atoms with Crippen LogP contribution in [0.15, 0.2) is 4.99 Å². The van der Waals surface area contributed by atoms with Crippen LogP contribution in [0.25, 0.3) is 0 Å². The highest BCUT2D eigenvalue weighted by molar-refractivity contribution is 5.94. The molecule has 0 bridgehead atoms. The Morgan fingerprint density at radius 2 is 1.46 bits per heavy atom. The van der Waals surface area contributed by atoms with Gasteiger partial charge in [-0.2, -0.15) is 0 Å². The van der Waals surface area contributed by atoms with Gasteiger partial charge in [0.05, 0.1) is 18.9 Å². The van der Waals surface area contributed by atoms with Crippen molar-refractivity contribution in [3.63, 3.8) is 0 Å². The number of guanidine groups is 1. The lowest BCUT2D eigenvalue weighted by Crippen LogP contribution is -2.55. The fraction of sp³-hybridized carbons (Fsp3) is 0.571. The molecule has 0 aliphatic heterocycles. The van der Waals surface area contributed by atoms with E-state index in [1.807, 2.05) is 0 Å². The van der Waals surface area contributed by atoms with Gasteiger partial charge in [-0.1, -0.05) is 0 Å². The second-order valence-corrected chi connectivity index (χ2v) is 5.78. The van der Waals surface area contributed by atoms with E-state index in [1.165, 1.54) is 0 Å². The fourth-order valence-corrected chi connectivity index (χ4v) is 2.01. The standard InChI is InChI=1S/C14H25N7O7/c15-6(4-10(23)24)11(25)20-7(2-1-3-19-14(17)18)12(26)21-8(13(27)28)5-9(16)22/h6-8H,1-5,15H2,(H2,16,22)(H,20,25)(H,21,26)(H,23,24)(H,27,28)(H4,17,18,19)/t6-,7-,8-/m0/s1. The molecule has 158 valence electrons. The monoisotopic (exact) mass is 403 g/mol. The van der Waals surface area contributed by atoms with Gasteiger partial charge < -0.3 is 43.8 Å². The van der Waals surface area contributed by atoms with Crippen molar-refractivity contribution in [1.82, 2.24) is 10.6 Å². The predicted molar refractivity (Wildman–Crippen MR) is 95.4 cm³/mol. The molecule has 0 heterocycles. The van der Waals surface area contributed by atoms with Crippen LogP contribution < -0.4 is 33.6 Å². The molecule has 0 saturated carbocycles. The first kappa shape index (κ1) is 24.6. The molecule has 0 fully saturated rings. The number of carbonyl (C=O) groups excluding carboxylic acids is 3. The number of nitrogens with one attached hydrogen (secondary N) is 2. The van der Waals surface area contributed by atoms with Crippen LogP contribution >= 0.6 is 0 Å². The third-order valence-corrected chi connectivity index (χ3v) is 3.33. The van der Waals surface area contributed by atoms with Gasteiger partial charge >= 0.3 is 11.9 Å². The van der Waals surface area contributed by atoms with E-state index < -0.39 is 60.6 Å². The molecule has 14 heteroatoms. The highest BCUT2D eigenvalue weighted by Gasteiger charge is 2.29. The van der Waals surface area contributed by atoms with Crippen LogP contribution in [-0.4, -0.2) is 70.5 Å². The molecule has 0 aromatic heterocycles. The quantitative estimate of drug-likeness (QED) is 0.0833. The normalized spacial score (nSPS) is 13.5. The first-order chi connectivity index (χ1) is 12.9. The summed E-state index contributed by atoms with van der Waals surface area (Å²) in [5.41, 5.74) is 20.7. The lowest BCUT2D eigenvalue weighted by Gasteiger charge is -2.22. The van der Waals surface area contributed by atoms with E-state index in [4.69, 9.17) is 33.1 Å². The van der Waals surface area contributed by atoms with Gasteiger partial charge in [-0.15, -0.1) is 0 Å². The molecular formula is C14H25N7O7. The van der Waals surface area contributed by atoms with E-state index in [0.717, 1.165) is 0 Å². The Labute approximate surface area is 159 Å². The molecule has 0 radical (unpaired) electrons. The van der Waals surface area contributed by atoms with Gasteiger partial charge in [0.1, 0.15) is 12.1 Å². The van der Waals surface area contributed by atoms with Crippen molar-refractivity contribution in [3.05, 3.63) is 0 Å². The first-order valence-corrected chi connectivity index (χ1v) is 8.08. The number of carboxylic acid groups (broad SMARTS) is 2. The summed E-state index contributed by atoms with van der Waals surface area (Å²) in [6, 6.07) is -4.29. The average Bonchev–Trinajstić information content (AvgIpc) is 2.55. The van der Waals surface area contributed by atoms with Crippen molar-refractivity contribution >= 4 is 35.6 Å². The minimum absolute atomic E-state index is 0.0168. The van der Waals surface area contributed by atoms with Gasteiger partial charge in [0, 0.05) is 6.54 Å². The minimum Gasteiger partial charge on any atom is -0.481 e. The van der Waals surface area contributed by atoms with Crippen LogP contribution in [0, 0.1) is 0 Å². The number of hydrogen-bond acceptors (Lipinski definition) is 7. The number of amides is 3. The number of nitrogens with zero attached hydrogens (tertiary/aromatic N) is 1. The molecule has 0 aromatic rings. The number of aliphatic carboxylic acids is 2. The maximum absolute atomic E-state index is 12.4. The number of rotatable bonds is 13. The average molecular weight is 403 g/mol. The van der Waals surface area contributed by atoms with Crippen molar-refractivity contribution < 1.29 is 34.2 Å². The Kier molecular flexibility index (Phi) is 10.6. The summed E-state index contributed by atoms with van der Waals surface area (Å²) in [6.45, 7) is 0.118. The summed E-state index contributed by atoms with van der Waals surface area (Å²) in [5.74, 6) is -5.80. The summed E-state index contributed by atoms with van der Waals surface area (Å²) >= 11 is 0. The molecule has 0 spiro atoms. The third kappa shape index (κ3) is 10.5. The highest BCUT2D eigenvalue weighted by Crippen LogP contribution is 2.03. The van der Waals surface area contributed by atoms with Crippen molar-refractivity contribution in [2.75, 3.05) is 6.54 Å². The highest BCUT2D eigenvalue weighted by atomic mass is 16.4. The van der Waals surface area contributed by atoms with Gasteiger partial charge in [-0.05, 0) is 12.8 Å². The van der Waals surface area contributed by atoms with Crippen molar-refractivity contribution in [2.24, 2.45) is 27.9 Å². The molecule has 3 atom stereocenters. The smallest absolute Gasteiger partial charge is 0.326 e. The van der Waals surface area contributed by atoms with E-state index in [9.17, 15) is 24.0 Å². The lowest BCUT2D eigenvalue weighted by atomic mass is 10.1. The van der Waals surface area contributed by atoms with Crippen molar-refractivity contribution in [1.29, 1.82) is 0 Å². The van der Waals surface area contributed by atoms with Crippen LogP contribution in [0.4, 0.5) is 0 Å². The fourth-order valence-electron chi connectivity index (χ4n) is 2.01. The van der Waals surface area contributed by atoms with E-state index in [1.54, 1.807) is 0 Å². The number of aliphatic imine (C=N–C) groups is 1. The first-order valence-electron chi connectivity index (χ1n) is 8.08. The topological polar surface area (TPSA) is 266 Å². The number of hydrogen-bond donors (Lipinski definition) is 8. The zero-order valence-corrected chi connectivity index (χ0v) is 15.0. The molecule has 0 rings (SSSR count). The second kappa shape index (κ2) is 12.1. The largest absolute Gasteiger partial charge is 0.481 e. The molecule has 3 amide bonds.